The van der Waals surface area contributed by atoms with Crippen molar-refractivity contribution in [2.45, 2.75) is 13.0 Å². The number of ether oxygens (including phenoxy) is 1. The Bertz CT molecular complexity index is 443. The molecule has 0 saturated heterocycles. The molecule has 0 heterocycles. The number of halogens is 1. The Hall–Kier alpha value is -1.86. The molecule has 16 heavy (non-hydrogen) atoms. The van der Waals surface area contributed by atoms with Gasteiger partial charge in [-0.05, 0) is 17.7 Å². The Morgan fingerprint density at radius 3 is 2.94 bits per heavy atom. The monoisotopic (exact) mass is 222 g/mol. The average molecular weight is 222 g/mol. The molecule has 0 aliphatic rings. The number of rotatable bonds is 2. The van der Waals surface area contributed by atoms with Gasteiger partial charge in [0.15, 0.2) is 0 Å². The van der Waals surface area contributed by atoms with Crippen LogP contribution in [0.15, 0.2) is 18.2 Å². The quantitative estimate of drug-likeness (QED) is 0.604. The standard InChI is InChI=1S/C12H11FO3/c1-16-12(15)4-2-3-10-7-9(8-14)5-6-11(10)13/h5-7,14H,4,8H2,1H3. The van der Waals surface area contributed by atoms with Crippen molar-refractivity contribution >= 4 is 5.97 Å². The van der Waals surface area contributed by atoms with Crippen LogP contribution in [0.4, 0.5) is 4.39 Å². The molecule has 4 heteroatoms. The van der Waals surface area contributed by atoms with Gasteiger partial charge in [-0.2, -0.15) is 0 Å². The van der Waals surface area contributed by atoms with Crippen molar-refractivity contribution in [1.82, 2.24) is 0 Å². The Morgan fingerprint density at radius 1 is 1.56 bits per heavy atom. The highest BCUT2D eigenvalue weighted by atomic mass is 19.1. The van der Waals surface area contributed by atoms with Gasteiger partial charge >= 0.3 is 5.97 Å². The summed E-state index contributed by atoms with van der Waals surface area (Å²) in [6, 6.07) is 4.15. The van der Waals surface area contributed by atoms with Crippen LogP contribution in [0.5, 0.6) is 0 Å². The summed E-state index contributed by atoms with van der Waals surface area (Å²) in [6.45, 7) is -0.175. The zero-order valence-corrected chi connectivity index (χ0v) is 8.79. The van der Waals surface area contributed by atoms with Gasteiger partial charge in [0, 0.05) is 0 Å². The van der Waals surface area contributed by atoms with E-state index in [1.807, 2.05) is 0 Å². The lowest BCUT2D eigenvalue weighted by Crippen LogP contribution is -1.97. The van der Waals surface area contributed by atoms with Crippen molar-refractivity contribution in [3.63, 3.8) is 0 Å². The molecule has 0 aliphatic carbocycles. The summed E-state index contributed by atoms with van der Waals surface area (Å²) in [5, 5.41) is 8.86. The smallest absolute Gasteiger partial charge is 0.317 e. The third kappa shape index (κ3) is 3.37. The molecule has 3 nitrogen and oxygen atoms in total. The molecular formula is C12H11FO3. The van der Waals surface area contributed by atoms with Crippen LogP contribution in [-0.2, 0) is 16.1 Å². The van der Waals surface area contributed by atoms with Crippen LogP contribution in [0.3, 0.4) is 0 Å². The number of aliphatic hydroxyl groups excluding tert-OH is 1. The summed E-state index contributed by atoms with van der Waals surface area (Å²) in [7, 11) is 1.26. The molecule has 0 radical (unpaired) electrons. The summed E-state index contributed by atoms with van der Waals surface area (Å²) < 4.78 is 17.6. The summed E-state index contributed by atoms with van der Waals surface area (Å²) >= 11 is 0. The highest BCUT2D eigenvalue weighted by Gasteiger charge is 2.00. The SMILES string of the molecule is COC(=O)CC#Cc1cc(CO)ccc1F. The second-order valence-electron chi connectivity index (χ2n) is 3.03. The van der Waals surface area contributed by atoms with Gasteiger partial charge in [0.2, 0.25) is 0 Å². The maximum atomic E-state index is 13.2. The number of aliphatic hydroxyl groups is 1. The molecule has 0 aliphatic heterocycles. The number of esters is 1. The van der Waals surface area contributed by atoms with E-state index in [1.165, 1.54) is 25.3 Å². The summed E-state index contributed by atoms with van der Waals surface area (Å²) in [5.41, 5.74) is 0.735. The number of carbonyl (C=O) groups is 1. The van der Waals surface area contributed by atoms with Gasteiger partial charge in [-0.3, -0.25) is 4.79 Å². The fourth-order valence-corrected chi connectivity index (χ4v) is 1.05. The van der Waals surface area contributed by atoms with Crippen molar-refractivity contribution in [3.8, 4) is 11.8 Å². The lowest BCUT2D eigenvalue weighted by atomic mass is 10.1. The minimum absolute atomic E-state index is 0.0840. The molecule has 0 unspecified atom stereocenters. The van der Waals surface area contributed by atoms with Crippen LogP contribution in [0, 0.1) is 17.7 Å². The van der Waals surface area contributed by atoms with E-state index >= 15 is 0 Å². The molecule has 1 N–H and O–H groups in total. The maximum Gasteiger partial charge on any atom is 0.317 e. The van der Waals surface area contributed by atoms with Gasteiger partial charge in [-0.15, -0.1) is 0 Å². The van der Waals surface area contributed by atoms with Gasteiger partial charge in [0.25, 0.3) is 0 Å². The van der Waals surface area contributed by atoms with E-state index in [4.69, 9.17) is 5.11 Å². The maximum absolute atomic E-state index is 13.2. The van der Waals surface area contributed by atoms with Crippen LogP contribution in [-0.4, -0.2) is 18.2 Å². The first-order valence-corrected chi connectivity index (χ1v) is 4.62. The fourth-order valence-electron chi connectivity index (χ4n) is 1.05. The molecule has 1 aromatic rings. The van der Waals surface area contributed by atoms with Crippen LogP contribution >= 0.6 is 0 Å². The second kappa shape index (κ2) is 5.89. The number of hydrogen-bond acceptors (Lipinski definition) is 3. The van der Waals surface area contributed by atoms with Crippen LogP contribution in [0.1, 0.15) is 17.5 Å². The normalized spacial score (nSPS) is 9.19. The van der Waals surface area contributed by atoms with E-state index in [-0.39, 0.29) is 18.6 Å². The van der Waals surface area contributed by atoms with Crippen molar-refractivity contribution in [2.75, 3.05) is 7.11 Å². The predicted octanol–water partition coefficient (Wildman–Crippen LogP) is 1.23. The third-order valence-electron chi connectivity index (χ3n) is 1.90. The molecule has 1 aromatic carbocycles. The van der Waals surface area contributed by atoms with Crippen LogP contribution in [0.2, 0.25) is 0 Å². The molecule has 0 saturated carbocycles. The van der Waals surface area contributed by atoms with Crippen molar-refractivity contribution in [2.24, 2.45) is 0 Å². The third-order valence-corrected chi connectivity index (χ3v) is 1.90. The van der Waals surface area contributed by atoms with Crippen LogP contribution < -0.4 is 0 Å². The van der Waals surface area contributed by atoms with E-state index in [2.05, 4.69) is 16.6 Å². The number of hydrogen-bond donors (Lipinski definition) is 1. The van der Waals surface area contributed by atoms with Crippen molar-refractivity contribution < 1.29 is 19.0 Å². The minimum Gasteiger partial charge on any atom is -0.468 e. The van der Waals surface area contributed by atoms with Gasteiger partial charge in [-0.1, -0.05) is 17.9 Å². The van der Waals surface area contributed by atoms with Gasteiger partial charge in [-0.25, -0.2) is 4.39 Å². The van der Waals surface area contributed by atoms with Gasteiger partial charge in [0.05, 0.1) is 19.3 Å². The minimum atomic E-state index is -0.477. The Kier molecular flexibility index (Phi) is 4.49. The Labute approximate surface area is 92.9 Å². The van der Waals surface area contributed by atoms with E-state index in [1.54, 1.807) is 0 Å². The first-order valence-electron chi connectivity index (χ1n) is 4.62. The van der Waals surface area contributed by atoms with Gasteiger partial charge in [0.1, 0.15) is 12.2 Å². The molecule has 0 bridgehead atoms. The highest BCUT2D eigenvalue weighted by molar-refractivity contribution is 5.72. The lowest BCUT2D eigenvalue weighted by molar-refractivity contribution is -0.139. The number of methoxy groups -OCH3 is 1. The molecular weight excluding hydrogens is 211 g/mol. The van der Waals surface area contributed by atoms with Crippen molar-refractivity contribution in [3.05, 3.63) is 35.1 Å². The molecule has 0 fully saturated rings. The van der Waals surface area contributed by atoms with E-state index in [9.17, 15) is 9.18 Å². The predicted molar refractivity (Wildman–Crippen MR) is 55.8 cm³/mol. The largest absolute Gasteiger partial charge is 0.468 e. The Morgan fingerprint density at radius 2 is 2.31 bits per heavy atom. The molecule has 0 atom stereocenters. The first kappa shape index (κ1) is 12.2. The topological polar surface area (TPSA) is 46.5 Å². The summed E-state index contributed by atoms with van der Waals surface area (Å²) in [6.07, 6.45) is -0.0840. The zero-order chi connectivity index (χ0) is 12.0. The molecule has 0 amide bonds. The highest BCUT2D eigenvalue weighted by Crippen LogP contribution is 2.09. The molecule has 0 spiro atoms. The molecule has 84 valence electrons. The second-order valence-corrected chi connectivity index (χ2v) is 3.03. The Balaban J connectivity index is 2.83. The van der Waals surface area contributed by atoms with Crippen LogP contribution in [0.25, 0.3) is 0 Å². The summed E-state index contributed by atoms with van der Waals surface area (Å²) in [5.74, 6) is 4.07. The lowest BCUT2D eigenvalue weighted by Gasteiger charge is -1.98. The van der Waals surface area contributed by atoms with E-state index in [0.717, 1.165) is 0 Å². The molecule has 1 rings (SSSR count). The van der Waals surface area contributed by atoms with Gasteiger partial charge < -0.3 is 9.84 Å². The van der Waals surface area contributed by atoms with E-state index < -0.39 is 11.8 Å². The number of benzene rings is 1. The van der Waals surface area contributed by atoms with Crippen molar-refractivity contribution in [1.29, 1.82) is 0 Å². The average Bonchev–Trinajstić information content (AvgIpc) is 2.31. The zero-order valence-electron chi connectivity index (χ0n) is 8.79. The fraction of sp³-hybridized carbons (Fsp3) is 0.250. The van der Waals surface area contributed by atoms with E-state index in [0.29, 0.717) is 5.56 Å². The molecule has 0 aromatic heterocycles. The first-order chi connectivity index (χ1) is 7.67. The number of carbonyl (C=O) groups excluding carboxylic acids is 1. The summed E-state index contributed by atoms with van der Waals surface area (Å²) in [4.78, 5) is 10.8.